The fourth-order valence-electron chi connectivity index (χ4n) is 4.20. The zero-order valence-electron chi connectivity index (χ0n) is 11.6. The lowest BCUT2D eigenvalue weighted by molar-refractivity contribution is 0.0394. The van der Waals surface area contributed by atoms with Crippen LogP contribution in [0.1, 0.15) is 46.0 Å². The molecule has 2 heteroatoms. The molecule has 0 spiro atoms. The van der Waals surface area contributed by atoms with Crippen molar-refractivity contribution in [2.75, 3.05) is 26.2 Å². The molecule has 1 saturated carbocycles. The van der Waals surface area contributed by atoms with Crippen molar-refractivity contribution in [3.8, 4) is 0 Å². The molecule has 0 aromatic rings. The van der Waals surface area contributed by atoms with Gasteiger partial charge in [-0.3, -0.25) is 9.80 Å². The van der Waals surface area contributed by atoms with E-state index in [1.165, 1.54) is 58.3 Å². The van der Waals surface area contributed by atoms with Gasteiger partial charge in [0.05, 0.1) is 0 Å². The Bertz CT molecular complexity index is 266. The Morgan fingerprint density at radius 2 is 1.59 bits per heavy atom. The maximum Gasteiger partial charge on any atom is 0.0224 e. The Hall–Kier alpha value is -0.0800. The van der Waals surface area contributed by atoms with Crippen molar-refractivity contribution in [3.63, 3.8) is 0 Å². The van der Waals surface area contributed by atoms with Crippen LogP contribution < -0.4 is 0 Å². The van der Waals surface area contributed by atoms with Crippen molar-refractivity contribution in [3.05, 3.63) is 0 Å². The summed E-state index contributed by atoms with van der Waals surface area (Å²) in [6, 6.07) is 1.81. The van der Waals surface area contributed by atoms with Crippen LogP contribution in [0.2, 0.25) is 0 Å². The number of hydrogen-bond donors (Lipinski definition) is 0. The van der Waals surface area contributed by atoms with Gasteiger partial charge in [-0.25, -0.2) is 0 Å². The van der Waals surface area contributed by atoms with Gasteiger partial charge >= 0.3 is 0 Å². The number of nitrogens with zero attached hydrogens (tertiary/aromatic N) is 2. The first-order valence-corrected chi connectivity index (χ1v) is 7.72. The van der Waals surface area contributed by atoms with E-state index in [0.717, 1.165) is 23.9 Å². The number of hydrogen-bond acceptors (Lipinski definition) is 2. The van der Waals surface area contributed by atoms with Gasteiger partial charge in [-0.1, -0.05) is 13.8 Å². The highest BCUT2D eigenvalue weighted by molar-refractivity contribution is 4.91. The summed E-state index contributed by atoms with van der Waals surface area (Å²) in [5.74, 6) is 1.90. The zero-order valence-corrected chi connectivity index (χ0v) is 11.6. The van der Waals surface area contributed by atoms with E-state index in [1.54, 1.807) is 0 Å². The van der Waals surface area contributed by atoms with Gasteiger partial charge in [0.1, 0.15) is 0 Å². The van der Waals surface area contributed by atoms with E-state index in [9.17, 15) is 0 Å². The third-order valence-electron chi connectivity index (χ3n) is 5.71. The van der Waals surface area contributed by atoms with Crippen molar-refractivity contribution in [2.24, 2.45) is 11.8 Å². The van der Waals surface area contributed by atoms with E-state index in [0.29, 0.717) is 0 Å². The largest absolute Gasteiger partial charge is 0.298 e. The first-order chi connectivity index (χ1) is 8.24. The molecule has 0 N–H and O–H groups in total. The zero-order chi connectivity index (χ0) is 11.8. The second kappa shape index (κ2) is 4.89. The van der Waals surface area contributed by atoms with Crippen molar-refractivity contribution in [2.45, 2.75) is 58.0 Å². The molecule has 17 heavy (non-hydrogen) atoms. The van der Waals surface area contributed by atoms with Crippen molar-refractivity contribution < 1.29 is 0 Å². The average molecular weight is 236 g/mol. The summed E-state index contributed by atoms with van der Waals surface area (Å²) >= 11 is 0. The monoisotopic (exact) mass is 236 g/mol. The molecule has 0 aromatic carbocycles. The molecule has 0 radical (unpaired) electrons. The van der Waals surface area contributed by atoms with Crippen LogP contribution in [0.25, 0.3) is 0 Å². The van der Waals surface area contributed by atoms with Crippen LogP contribution >= 0.6 is 0 Å². The average Bonchev–Trinajstić information content (AvgIpc) is 2.79. The topological polar surface area (TPSA) is 6.48 Å². The number of rotatable bonds is 1. The predicted octanol–water partition coefficient (Wildman–Crippen LogP) is 2.59. The Morgan fingerprint density at radius 3 is 2.41 bits per heavy atom. The van der Waals surface area contributed by atoms with Crippen molar-refractivity contribution in [1.29, 1.82) is 0 Å². The van der Waals surface area contributed by atoms with Crippen LogP contribution in [0.15, 0.2) is 0 Å². The quantitative estimate of drug-likeness (QED) is 0.690. The standard InChI is InChI=1S/C15H28N2/c1-12-5-6-14(10-13(12)2)17-9-8-16-7-3-4-15(16)11-17/h12-15H,3-11H2,1-2H3. The highest BCUT2D eigenvalue weighted by Crippen LogP contribution is 2.33. The molecular formula is C15H28N2. The Morgan fingerprint density at radius 1 is 0.765 bits per heavy atom. The third kappa shape index (κ3) is 2.39. The lowest BCUT2D eigenvalue weighted by atomic mass is 9.78. The fourth-order valence-corrected chi connectivity index (χ4v) is 4.20. The molecule has 4 atom stereocenters. The third-order valence-corrected chi connectivity index (χ3v) is 5.71. The van der Waals surface area contributed by atoms with E-state index in [-0.39, 0.29) is 0 Å². The number of piperazine rings is 1. The van der Waals surface area contributed by atoms with Gasteiger partial charge < -0.3 is 0 Å². The smallest absolute Gasteiger partial charge is 0.0224 e. The van der Waals surface area contributed by atoms with Crippen LogP contribution in [0.3, 0.4) is 0 Å². The highest BCUT2D eigenvalue weighted by Gasteiger charge is 2.35. The minimum Gasteiger partial charge on any atom is -0.298 e. The summed E-state index contributed by atoms with van der Waals surface area (Å²) in [6.45, 7) is 10.3. The van der Waals surface area contributed by atoms with E-state index < -0.39 is 0 Å². The Balaban J connectivity index is 1.58. The molecule has 4 unspecified atom stereocenters. The maximum atomic E-state index is 2.83. The summed E-state index contributed by atoms with van der Waals surface area (Å²) in [4.78, 5) is 5.56. The van der Waals surface area contributed by atoms with Gasteiger partial charge in [-0.05, 0) is 50.5 Å². The molecule has 98 valence electrons. The Labute approximate surface area is 106 Å². The minimum absolute atomic E-state index is 0.901. The van der Waals surface area contributed by atoms with Crippen LogP contribution in [0, 0.1) is 11.8 Å². The van der Waals surface area contributed by atoms with Gasteiger partial charge in [0.25, 0.3) is 0 Å². The van der Waals surface area contributed by atoms with Crippen molar-refractivity contribution >= 4 is 0 Å². The lowest BCUT2D eigenvalue weighted by Crippen LogP contribution is -2.54. The first-order valence-electron chi connectivity index (χ1n) is 7.72. The molecular weight excluding hydrogens is 208 g/mol. The first kappa shape index (κ1) is 12.0. The SMILES string of the molecule is CC1CCC(N2CCN3CCCC3C2)CC1C. The molecule has 3 rings (SSSR count). The normalized spacial score (nSPS) is 44.8. The Kier molecular flexibility index (Phi) is 3.45. The molecule has 2 heterocycles. The van der Waals surface area contributed by atoms with E-state index in [1.807, 2.05) is 0 Å². The van der Waals surface area contributed by atoms with Crippen LogP contribution in [0.5, 0.6) is 0 Å². The van der Waals surface area contributed by atoms with Crippen LogP contribution in [0.4, 0.5) is 0 Å². The summed E-state index contributed by atoms with van der Waals surface area (Å²) in [7, 11) is 0. The second-order valence-electron chi connectivity index (χ2n) is 6.75. The van der Waals surface area contributed by atoms with Gasteiger partial charge in [0, 0.05) is 31.7 Å². The molecule has 3 aliphatic rings. The predicted molar refractivity (Wildman–Crippen MR) is 72.1 cm³/mol. The molecule has 0 amide bonds. The van der Waals surface area contributed by atoms with E-state index >= 15 is 0 Å². The maximum absolute atomic E-state index is 2.83. The van der Waals surface area contributed by atoms with Crippen molar-refractivity contribution in [1.82, 2.24) is 9.80 Å². The summed E-state index contributed by atoms with van der Waals surface area (Å²) in [5, 5.41) is 0. The summed E-state index contributed by atoms with van der Waals surface area (Å²) < 4.78 is 0. The van der Waals surface area contributed by atoms with E-state index in [2.05, 4.69) is 23.6 Å². The lowest BCUT2D eigenvalue weighted by Gasteiger charge is -2.45. The molecule has 2 nitrogen and oxygen atoms in total. The molecule has 3 fully saturated rings. The summed E-state index contributed by atoms with van der Waals surface area (Å²) in [6.07, 6.45) is 7.26. The fraction of sp³-hybridized carbons (Fsp3) is 1.00. The van der Waals surface area contributed by atoms with Gasteiger partial charge in [-0.2, -0.15) is 0 Å². The highest BCUT2D eigenvalue weighted by atomic mass is 15.3. The molecule has 0 aromatic heterocycles. The minimum atomic E-state index is 0.901. The van der Waals surface area contributed by atoms with Crippen LogP contribution in [-0.4, -0.2) is 48.1 Å². The molecule has 2 aliphatic heterocycles. The molecule has 0 bridgehead atoms. The summed E-state index contributed by atoms with van der Waals surface area (Å²) in [5.41, 5.74) is 0. The number of fused-ring (bicyclic) bond motifs is 1. The van der Waals surface area contributed by atoms with Gasteiger partial charge in [0.15, 0.2) is 0 Å². The van der Waals surface area contributed by atoms with E-state index in [4.69, 9.17) is 0 Å². The van der Waals surface area contributed by atoms with Gasteiger partial charge in [0.2, 0.25) is 0 Å². The molecule has 2 saturated heterocycles. The molecule has 1 aliphatic carbocycles. The second-order valence-corrected chi connectivity index (χ2v) is 6.75. The van der Waals surface area contributed by atoms with Gasteiger partial charge in [-0.15, -0.1) is 0 Å². The van der Waals surface area contributed by atoms with Crippen LogP contribution in [-0.2, 0) is 0 Å².